The smallest absolute Gasteiger partial charge is 0.309 e. The lowest BCUT2D eigenvalue weighted by Crippen LogP contribution is -2.47. The first-order valence-electron chi connectivity index (χ1n) is 6.52. The van der Waals surface area contributed by atoms with Gasteiger partial charge in [0, 0.05) is 12.6 Å². The number of carbonyl (C=O) groups is 1. The molecule has 1 fully saturated rings. The lowest BCUT2D eigenvalue weighted by atomic mass is 9.84. The summed E-state index contributed by atoms with van der Waals surface area (Å²) >= 11 is 0. The standard InChI is InChI=1S/C13H25NO3/c1-10(12(15)17-3)11(2)14-9-13(16)7-5-4-6-8-13/h10-11,14,16H,4-9H2,1-3H3. The number of esters is 1. The van der Waals surface area contributed by atoms with E-state index in [2.05, 4.69) is 5.32 Å². The van der Waals surface area contributed by atoms with Crippen LogP contribution in [0.2, 0.25) is 0 Å². The van der Waals surface area contributed by atoms with Crippen LogP contribution in [-0.2, 0) is 9.53 Å². The first-order valence-corrected chi connectivity index (χ1v) is 6.52. The van der Waals surface area contributed by atoms with Gasteiger partial charge in [0.2, 0.25) is 0 Å². The second-order valence-corrected chi connectivity index (χ2v) is 5.27. The van der Waals surface area contributed by atoms with Crippen molar-refractivity contribution in [3.63, 3.8) is 0 Å². The number of carbonyl (C=O) groups excluding carboxylic acids is 1. The molecule has 4 nitrogen and oxygen atoms in total. The maximum Gasteiger partial charge on any atom is 0.309 e. The molecule has 0 aromatic heterocycles. The summed E-state index contributed by atoms with van der Waals surface area (Å²) in [5.74, 6) is -0.396. The zero-order chi connectivity index (χ0) is 12.9. The fourth-order valence-electron chi connectivity index (χ4n) is 2.30. The van der Waals surface area contributed by atoms with Gasteiger partial charge in [-0.3, -0.25) is 4.79 Å². The van der Waals surface area contributed by atoms with Gasteiger partial charge in [0.15, 0.2) is 0 Å². The van der Waals surface area contributed by atoms with Crippen LogP contribution < -0.4 is 5.32 Å². The zero-order valence-corrected chi connectivity index (χ0v) is 11.2. The predicted octanol–water partition coefficient (Wildman–Crippen LogP) is 1.47. The molecule has 2 N–H and O–H groups in total. The predicted molar refractivity (Wildman–Crippen MR) is 66.7 cm³/mol. The Kier molecular flexibility index (Phi) is 5.40. The second-order valence-electron chi connectivity index (χ2n) is 5.27. The Morgan fingerprint density at radius 2 is 1.94 bits per heavy atom. The molecule has 1 saturated carbocycles. The Morgan fingerprint density at radius 3 is 2.47 bits per heavy atom. The summed E-state index contributed by atoms with van der Waals surface area (Å²) in [6.07, 6.45) is 5.13. The summed E-state index contributed by atoms with van der Waals surface area (Å²) in [5.41, 5.74) is -0.581. The molecule has 2 atom stereocenters. The number of ether oxygens (including phenoxy) is 1. The van der Waals surface area contributed by atoms with E-state index >= 15 is 0 Å². The van der Waals surface area contributed by atoms with Gasteiger partial charge in [-0.2, -0.15) is 0 Å². The summed E-state index contributed by atoms with van der Waals surface area (Å²) in [7, 11) is 1.40. The molecule has 0 aromatic carbocycles. The number of aliphatic hydroxyl groups is 1. The first-order chi connectivity index (χ1) is 7.98. The highest BCUT2D eigenvalue weighted by atomic mass is 16.5. The maximum absolute atomic E-state index is 11.4. The Labute approximate surface area is 104 Å². The Morgan fingerprint density at radius 1 is 1.35 bits per heavy atom. The second kappa shape index (κ2) is 6.36. The number of nitrogens with one attached hydrogen (secondary N) is 1. The number of hydrogen-bond acceptors (Lipinski definition) is 4. The number of rotatable bonds is 5. The van der Waals surface area contributed by atoms with Crippen molar-refractivity contribution in [2.75, 3.05) is 13.7 Å². The van der Waals surface area contributed by atoms with Gasteiger partial charge in [-0.1, -0.05) is 26.2 Å². The maximum atomic E-state index is 11.4. The Bertz CT molecular complexity index is 249. The topological polar surface area (TPSA) is 58.6 Å². The average molecular weight is 243 g/mol. The largest absolute Gasteiger partial charge is 0.469 e. The van der Waals surface area contributed by atoms with Crippen molar-refractivity contribution in [3.05, 3.63) is 0 Å². The Balaban J connectivity index is 2.36. The highest BCUT2D eigenvalue weighted by Crippen LogP contribution is 2.27. The fourth-order valence-corrected chi connectivity index (χ4v) is 2.30. The summed E-state index contributed by atoms with van der Waals surface area (Å²) in [6, 6.07) is 0.0217. The fraction of sp³-hybridized carbons (Fsp3) is 0.923. The molecule has 17 heavy (non-hydrogen) atoms. The van der Waals surface area contributed by atoms with E-state index in [4.69, 9.17) is 4.74 Å². The van der Waals surface area contributed by atoms with E-state index in [1.807, 2.05) is 13.8 Å². The van der Waals surface area contributed by atoms with Crippen molar-refractivity contribution in [2.45, 2.75) is 57.6 Å². The average Bonchev–Trinajstić information content (AvgIpc) is 2.35. The van der Waals surface area contributed by atoms with Crippen LogP contribution in [0.4, 0.5) is 0 Å². The van der Waals surface area contributed by atoms with Crippen molar-refractivity contribution in [1.82, 2.24) is 5.32 Å². The lowest BCUT2D eigenvalue weighted by molar-refractivity contribution is -0.145. The van der Waals surface area contributed by atoms with Gasteiger partial charge in [0.25, 0.3) is 0 Å². The van der Waals surface area contributed by atoms with Gasteiger partial charge < -0.3 is 15.2 Å². The molecule has 4 heteroatoms. The normalized spacial score (nSPS) is 22.8. The minimum atomic E-state index is -0.581. The van der Waals surface area contributed by atoms with Crippen LogP contribution in [0.3, 0.4) is 0 Å². The molecule has 0 aromatic rings. The molecule has 0 saturated heterocycles. The van der Waals surface area contributed by atoms with Crippen LogP contribution in [0.25, 0.3) is 0 Å². The van der Waals surface area contributed by atoms with E-state index < -0.39 is 5.60 Å². The van der Waals surface area contributed by atoms with E-state index in [9.17, 15) is 9.90 Å². The molecule has 0 amide bonds. The molecule has 1 aliphatic carbocycles. The van der Waals surface area contributed by atoms with E-state index in [1.165, 1.54) is 13.5 Å². The highest BCUT2D eigenvalue weighted by molar-refractivity contribution is 5.72. The van der Waals surface area contributed by atoms with Crippen LogP contribution in [0.15, 0.2) is 0 Å². The summed E-state index contributed by atoms with van der Waals surface area (Å²) in [5, 5.41) is 13.6. The third kappa shape index (κ3) is 4.28. The molecule has 0 spiro atoms. The van der Waals surface area contributed by atoms with Crippen LogP contribution >= 0.6 is 0 Å². The van der Waals surface area contributed by atoms with Crippen molar-refractivity contribution in [2.24, 2.45) is 5.92 Å². The highest BCUT2D eigenvalue weighted by Gasteiger charge is 2.30. The van der Waals surface area contributed by atoms with Gasteiger partial charge in [0.1, 0.15) is 0 Å². The summed E-state index contributed by atoms with van der Waals surface area (Å²) in [6.45, 7) is 4.36. The third-order valence-corrected chi connectivity index (χ3v) is 3.86. The number of hydrogen-bond donors (Lipinski definition) is 2. The molecule has 1 rings (SSSR count). The van der Waals surface area contributed by atoms with E-state index in [0.29, 0.717) is 6.54 Å². The van der Waals surface area contributed by atoms with Gasteiger partial charge in [-0.25, -0.2) is 0 Å². The molecular weight excluding hydrogens is 218 g/mol. The molecule has 2 unspecified atom stereocenters. The minimum Gasteiger partial charge on any atom is -0.469 e. The SMILES string of the molecule is COC(=O)C(C)C(C)NCC1(O)CCCCC1. The summed E-state index contributed by atoms with van der Waals surface area (Å²) < 4.78 is 4.71. The van der Waals surface area contributed by atoms with Gasteiger partial charge >= 0.3 is 5.97 Å². The Hall–Kier alpha value is -0.610. The zero-order valence-electron chi connectivity index (χ0n) is 11.2. The van der Waals surface area contributed by atoms with Crippen molar-refractivity contribution in [3.8, 4) is 0 Å². The van der Waals surface area contributed by atoms with Gasteiger partial charge in [-0.05, 0) is 19.8 Å². The number of methoxy groups -OCH3 is 1. The van der Waals surface area contributed by atoms with Crippen molar-refractivity contribution >= 4 is 5.97 Å². The van der Waals surface area contributed by atoms with Crippen molar-refractivity contribution < 1.29 is 14.6 Å². The van der Waals surface area contributed by atoms with Crippen LogP contribution in [0, 0.1) is 5.92 Å². The van der Waals surface area contributed by atoms with Crippen molar-refractivity contribution in [1.29, 1.82) is 0 Å². The molecule has 0 bridgehead atoms. The summed E-state index contributed by atoms with van der Waals surface area (Å²) in [4.78, 5) is 11.4. The van der Waals surface area contributed by atoms with E-state index in [0.717, 1.165) is 25.7 Å². The molecule has 100 valence electrons. The lowest BCUT2D eigenvalue weighted by Gasteiger charge is -2.34. The molecule has 0 aliphatic heterocycles. The third-order valence-electron chi connectivity index (χ3n) is 3.86. The first kappa shape index (κ1) is 14.5. The van der Waals surface area contributed by atoms with Crippen LogP contribution in [-0.4, -0.2) is 36.4 Å². The molecule has 0 heterocycles. The van der Waals surface area contributed by atoms with Crippen LogP contribution in [0.5, 0.6) is 0 Å². The monoisotopic (exact) mass is 243 g/mol. The van der Waals surface area contributed by atoms with Crippen LogP contribution in [0.1, 0.15) is 46.0 Å². The minimum absolute atomic E-state index is 0.0217. The van der Waals surface area contributed by atoms with Gasteiger partial charge in [0.05, 0.1) is 18.6 Å². The van der Waals surface area contributed by atoms with Gasteiger partial charge in [-0.15, -0.1) is 0 Å². The quantitative estimate of drug-likeness (QED) is 0.718. The molecule has 1 aliphatic rings. The molecular formula is C13H25NO3. The van der Waals surface area contributed by atoms with E-state index in [-0.39, 0.29) is 17.9 Å². The molecule has 0 radical (unpaired) electrons. The van der Waals surface area contributed by atoms with E-state index in [1.54, 1.807) is 0 Å².